The molecule has 0 aromatic heterocycles. The van der Waals surface area contributed by atoms with Crippen LogP contribution in [0, 0.1) is 12.8 Å². The Morgan fingerprint density at radius 1 is 1.10 bits per heavy atom. The molecule has 0 aliphatic rings. The second-order valence-electron chi connectivity index (χ2n) is 5.92. The van der Waals surface area contributed by atoms with E-state index in [1.54, 1.807) is 0 Å². The van der Waals surface area contributed by atoms with E-state index in [0.717, 1.165) is 29.9 Å². The molecule has 0 unspecified atom stereocenters. The number of aryl methyl sites for hydroxylation is 1. The summed E-state index contributed by atoms with van der Waals surface area (Å²) < 4.78 is 5.29. The lowest BCUT2D eigenvalue weighted by atomic mass is 10.0. The fraction of sp³-hybridized carbons (Fsp3) is 0.611. The standard InChI is InChI=1S/C18H28O2/c1-15(2)10-6-4-5-9-13-20-18(19)14-17-12-8-7-11-16(17)3/h7-8,11-12,15H,4-6,9-10,13-14H2,1-3H3. The molecule has 0 radical (unpaired) electrons. The van der Waals surface area contributed by atoms with Gasteiger partial charge in [0.25, 0.3) is 0 Å². The van der Waals surface area contributed by atoms with E-state index >= 15 is 0 Å². The van der Waals surface area contributed by atoms with Gasteiger partial charge in [0.05, 0.1) is 13.0 Å². The summed E-state index contributed by atoms with van der Waals surface area (Å²) in [6.45, 7) is 7.10. The highest BCUT2D eigenvalue weighted by atomic mass is 16.5. The third-order valence-electron chi connectivity index (χ3n) is 3.53. The summed E-state index contributed by atoms with van der Waals surface area (Å²) in [7, 11) is 0. The van der Waals surface area contributed by atoms with Crippen molar-refractivity contribution in [3.63, 3.8) is 0 Å². The average Bonchev–Trinajstić information content (AvgIpc) is 2.40. The number of esters is 1. The zero-order valence-corrected chi connectivity index (χ0v) is 13.2. The molecule has 112 valence electrons. The average molecular weight is 276 g/mol. The molecule has 0 aliphatic heterocycles. The van der Waals surface area contributed by atoms with E-state index < -0.39 is 0 Å². The van der Waals surface area contributed by atoms with Gasteiger partial charge in [-0.15, -0.1) is 0 Å². The van der Waals surface area contributed by atoms with Gasteiger partial charge in [0, 0.05) is 0 Å². The van der Waals surface area contributed by atoms with Crippen LogP contribution in [0.5, 0.6) is 0 Å². The van der Waals surface area contributed by atoms with Gasteiger partial charge >= 0.3 is 5.97 Å². The minimum atomic E-state index is -0.110. The van der Waals surface area contributed by atoms with Crippen molar-refractivity contribution in [1.29, 1.82) is 0 Å². The normalized spacial score (nSPS) is 10.8. The predicted molar refractivity (Wildman–Crippen MR) is 83.8 cm³/mol. The minimum absolute atomic E-state index is 0.110. The van der Waals surface area contributed by atoms with Crippen molar-refractivity contribution in [2.24, 2.45) is 5.92 Å². The fourth-order valence-electron chi connectivity index (χ4n) is 2.21. The van der Waals surface area contributed by atoms with Crippen molar-refractivity contribution in [2.75, 3.05) is 6.61 Å². The first-order chi connectivity index (χ1) is 9.59. The summed E-state index contributed by atoms with van der Waals surface area (Å²) in [4.78, 5) is 11.7. The van der Waals surface area contributed by atoms with E-state index in [4.69, 9.17) is 4.74 Å². The lowest BCUT2D eigenvalue weighted by Crippen LogP contribution is -2.09. The van der Waals surface area contributed by atoms with Crippen LogP contribution in [0.15, 0.2) is 24.3 Å². The maximum Gasteiger partial charge on any atom is 0.310 e. The number of carbonyl (C=O) groups excluding carboxylic acids is 1. The molecule has 0 saturated carbocycles. The zero-order valence-electron chi connectivity index (χ0n) is 13.2. The van der Waals surface area contributed by atoms with E-state index in [9.17, 15) is 4.79 Å². The molecule has 2 heteroatoms. The Morgan fingerprint density at radius 2 is 1.80 bits per heavy atom. The SMILES string of the molecule is Cc1ccccc1CC(=O)OCCCCCCC(C)C. The van der Waals surface area contributed by atoms with Gasteiger partial charge in [-0.3, -0.25) is 4.79 Å². The van der Waals surface area contributed by atoms with Crippen molar-refractivity contribution < 1.29 is 9.53 Å². The van der Waals surface area contributed by atoms with Gasteiger partial charge in [0.1, 0.15) is 0 Å². The monoisotopic (exact) mass is 276 g/mol. The van der Waals surface area contributed by atoms with Crippen LogP contribution in [0.1, 0.15) is 57.1 Å². The summed E-state index contributed by atoms with van der Waals surface area (Å²) in [6.07, 6.45) is 6.36. The summed E-state index contributed by atoms with van der Waals surface area (Å²) in [5.74, 6) is 0.684. The van der Waals surface area contributed by atoms with Gasteiger partial charge in [-0.25, -0.2) is 0 Å². The molecular formula is C18H28O2. The zero-order chi connectivity index (χ0) is 14.8. The Balaban J connectivity index is 2.08. The second-order valence-corrected chi connectivity index (χ2v) is 5.92. The molecule has 0 bridgehead atoms. The van der Waals surface area contributed by atoms with Gasteiger partial charge in [0.15, 0.2) is 0 Å². The van der Waals surface area contributed by atoms with Crippen LogP contribution < -0.4 is 0 Å². The Morgan fingerprint density at radius 3 is 2.50 bits per heavy atom. The molecule has 0 spiro atoms. The van der Waals surface area contributed by atoms with Crippen LogP contribution >= 0.6 is 0 Å². The van der Waals surface area contributed by atoms with Crippen molar-refractivity contribution in [2.45, 2.75) is 59.3 Å². The molecule has 2 nitrogen and oxygen atoms in total. The second kappa shape index (κ2) is 9.57. The fourth-order valence-corrected chi connectivity index (χ4v) is 2.21. The number of rotatable bonds is 9. The molecule has 0 fully saturated rings. The van der Waals surface area contributed by atoms with Gasteiger partial charge < -0.3 is 4.74 Å². The first-order valence-electron chi connectivity index (χ1n) is 7.79. The van der Waals surface area contributed by atoms with E-state index in [1.165, 1.54) is 19.3 Å². The van der Waals surface area contributed by atoms with E-state index in [2.05, 4.69) is 13.8 Å². The molecule has 1 aromatic carbocycles. The molecule has 0 heterocycles. The quantitative estimate of drug-likeness (QED) is 0.483. The molecule has 1 rings (SSSR count). The first-order valence-corrected chi connectivity index (χ1v) is 7.79. The van der Waals surface area contributed by atoms with Crippen LogP contribution in [0.3, 0.4) is 0 Å². The Bertz CT molecular complexity index is 396. The third-order valence-corrected chi connectivity index (χ3v) is 3.53. The summed E-state index contributed by atoms with van der Waals surface area (Å²) in [5, 5.41) is 0. The highest BCUT2D eigenvalue weighted by Crippen LogP contribution is 2.10. The number of hydrogen-bond acceptors (Lipinski definition) is 2. The van der Waals surface area contributed by atoms with Gasteiger partial charge in [-0.1, -0.05) is 63.8 Å². The maximum absolute atomic E-state index is 11.7. The van der Waals surface area contributed by atoms with Crippen molar-refractivity contribution in [1.82, 2.24) is 0 Å². The smallest absolute Gasteiger partial charge is 0.310 e. The summed E-state index contributed by atoms with van der Waals surface area (Å²) in [6, 6.07) is 7.96. The van der Waals surface area contributed by atoms with E-state index in [0.29, 0.717) is 13.0 Å². The van der Waals surface area contributed by atoms with Crippen LogP contribution in [0.4, 0.5) is 0 Å². The highest BCUT2D eigenvalue weighted by Gasteiger charge is 2.06. The van der Waals surface area contributed by atoms with Gasteiger partial charge in [0.2, 0.25) is 0 Å². The molecule has 20 heavy (non-hydrogen) atoms. The largest absolute Gasteiger partial charge is 0.465 e. The van der Waals surface area contributed by atoms with Crippen molar-refractivity contribution >= 4 is 5.97 Å². The lowest BCUT2D eigenvalue weighted by Gasteiger charge is -2.07. The Kier molecular flexibility index (Phi) is 8.01. The van der Waals surface area contributed by atoms with Gasteiger partial charge in [-0.2, -0.15) is 0 Å². The Labute approximate surface area is 123 Å². The maximum atomic E-state index is 11.7. The molecule has 0 saturated heterocycles. The molecular weight excluding hydrogens is 248 g/mol. The third kappa shape index (κ3) is 7.32. The number of unbranched alkanes of at least 4 members (excludes halogenated alkanes) is 3. The number of benzene rings is 1. The lowest BCUT2D eigenvalue weighted by molar-refractivity contribution is -0.142. The number of hydrogen-bond donors (Lipinski definition) is 0. The highest BCUT2D eigenvalue weighted by molar-refractivity contribution is 5.73. The van der Waals surface area contributed by atoms with Gasteiger partial charge in [-0.05, 0) is 30.4 Å². The minimum Gasteiger partial charge on any atom is -0.465 e. The van der Waals surface area contributed by atoms with Crippen LogP contribution in [0.2, 0.25) is 0 Å². The van der Waals surface area contributed by atoms with Crippen LogP contribution in [0.25, 0.3) is 0 Å². The predicted octanol–water partition coefficient (Wildman–Crippen LogP) is 4.69. The molecule has 0 N–H and O–H groups in total. The molecule has 1 aromatic rings. The van der Waals surface area contributed by atoms with Crippen LogP contribution in [-0.2, 0) is 16.0 Å². The van der Waals surface area contributed by atoms with E-state index in [1.807, 2.05) is 31.2 Å². The van der Waals surface area contributed by atoms with E-state index in [-0.39, 0.29) is 5.97 Å². The first kappa shape index (κ1) is 16.7. The number of carbonyl (C=O) groups is 1. The molecule has 0 aliphatic carbocycles. The number of ether oxygens (including phenoxy) is 1. The van der Waals surface area contributed by atoms with Crippen molar-refractivity contribution in [3.8, 4) is 0 Å². The Hall–Kier alpha value is -1.31. The van der Waals surface area contributed by atoms with Crippen molar-refractivity contribution in [3.05, 3.63) is 35.4 Å². The molecule has 0 atom stereocenters. The molecule has 0 amide bonds. The van der Waals surface area contributed by atoms with Crippen LogP contribution in [-0.4, -0.2) is 12.6 Å². The summed E-state index contributed by atoms with van der Waals surface area (Å²) in [5.41, 5.74) is 2.22. The topological polar surface area (TPSA) is 26.3 Å². The summed E-state index contributed by atoms with van der Waals surface area (Å²) >= 11 is 0.